The maximum absolute atomic E-state index is 6.47. The second kappa shape index (κ2) is 9.72. The lowest BCUT2D eigenvalue weighted by atomic mass is 9.95. The molecule has 1 aliphatic heterocycles. The summed E-state index contributed by atoms with van der Waals surface area (Å²) < 4.78 is 5.45. The van der Waals surface area contributed by atoms with Gasteiger partial charge in [-0.05, 0) is 44.6 Å². The minimum Gasteiger partial charge on any atom is -0.381 e. The van der Waals surface area contributed by atoms with Crippen LogP contribution >= 0.6 is 11.6 Å². The molecular formula is C22H30ClN5O. The van der Waals surface area contributed by atoms with Gasteiger partial charge in [-0.2, -0.15) is 0 Å². The number of ether oxygens (including phenoxy) is 1. The standard InChI is InChI=1S/C22H30ClN5O/c1-15-22(26-12-16-7-9-29-10-8-16)28-20(14-24-15)18-11-21(25-13-19(18)23)27-17-5-3-2-4-6-17/h11,13-14,16-17H,2-10,12H2,1H3,(H,25,27)(H,26,28). The monoisotopic (exact) mass is 415 g/mol. The number of rotatable bonds is 6. The molecular weight excluding hydrogens is 386 g/mol. The van der Waals surface area contributed by atoms with Crippen LogP contribution in [0.1, 0.15) is 50.6 Å². The molecule has 1 saturated carbocycles. The third-order valence-electron chi connectivity index (χ3n) is 5.94. The predicted octanol–water partition coefficient (Wildman–Crippen LogP) is 5.08. The van der Waals surface area contributed by atoms with Crippen LogP contribution in [0.15, 0.2) is 18.5 Å². The average molecular weight is 416 g/mol. The number of aromatic nitrogens is 3. The van der Waals surface area contributed by atoms with E-state index < -0.39 is 0 Å². The molecule has 2 N–H and O–H groups in total. The van der Waals surface area contributed by atoms with E-state index in [2.05, 4.69) is 20.6 Å². The zero-order valence-electron chi connectivity index (χ0n) is 17.1. The predicted molar refractivity (Wildman–Crippen MR) is 118 cm³/mol. The molecule has 0 amide bonds. The zero-order valence-corrected chi connectivity index (χ0v) is 17.8. The van der Waals surface area contributed by atoms with E-state index >= 15 is 0 Å². The normalized spacial score (nSPS) is 18.6. The van der Waals surface area contributed by atoms with Crippen LogP contribution in [0.2, 0.25) is 5.02 Å². The largest absolute Gasteiger partial charge is 0.381 e. The van der Waals surface area contributed by atoms with Gasteiger partial charge in [0.15, 0.2) is 0 Å². The highest BCUT2D eigenvalue weighted by Crippen LogP contribution is 2.30. The van der Waals surface area contributed by atoms with Gasteiger partial charge in [-0.15, -0.1) is 0 Å². The Morgan fingerprint density at radius 2 is 1.86 bits per heavy atom. The first-order valence-corrected chi connectivity index (χ1v) is 11.1. The molecule has 0 unspecified atom stereocenters. The van der Waals surface area contributed by atoms with Crippen LogP contribution in [-0.4, -0.2) is 40.8 Å². The Labute approximate surface area is 177 Å². The van der Waals surface area contributed by atoms with Gasteiger partial charge in [-0.3, -0.25) is 4.98 Å². The van der Waals surface area contributed by atoms with Crippen LogP contribution in [0.4, 0.5) is 11.6 Å². The van der Waals surface area contributed by atoms with E-state index in [1.54, 1.807) is 12.4 Å². The third kappa shape index (κ3) is 5.37. The number of aryl methyl sites for hydroxylation is 1. The molecule has 3 heterocycles. The molecule has 2 aliphatic rings. The number of hydrogen-bond acceptors (Lipinski definition) is 6. The second-order valence-corrected chi connectivity index (χ2v) is 8.56. The van der Waals surface area contributed by atoms with Gasteiger partial charge in [0.2, 0.25) is 0 Å². The van der Waals surface area contributed by atoms with Crippen molar-refractivity contribution >= 4 is 23.2 Å². The van der Waals surface area contributed by atoms with Crippen LogP contribution in [0, 0.1) is 12.8 Å². The van der Waals surface area contributed by atoms with E-state index in [1.165, 1.54) is 32.1 Å². The van der Waals surface area contributed by atoms with Crippen molar-refractivity contribution in [2.75, 3.05) is 30.4 Å². The molecule has 2 fully saturated rings. The Kier molecular flexibility index (Phi) is 6.82. The van der Waals surface area contributed by atoms with Crippen molar-refractivity contribution in [2.45, 2.75) is 57.9 Å². The summed E-state index contributed by atoms with van der Waals surface area (Å²) >= 11 is 6.47. The van der Waals surface area contributed by atoms with Crippen LogP contribution in [0.3, 0.4) is 0 Å². The summed E-state index contributed by atoms with van der Waals surface area (Å²) in [6.45, 7) is 4.56. The maximum atomic E-state index is 6.47. The Bertz CT molecular complexity index is 819. The number of anilines is 2. The lowest BCUT2D eigenvalue weighted by Gasteiger charge is -2.23. The van der Waals surface area contributed by atoms with Gasteiger partial charge in [-0.1, -0.05) is 30.9 Å². The minimum atomic E-state index is 0.492. The summed E-state index contributed by atoms with van der Waals surface area (Å²) in [4.78, 5) is 13.9. The highest BCUT2D eigenvalue weighted by atomic mass is 35.5. The van der Waals surface area contributed by atoms with Gasteiger partial charge >= 0.3 is 0 Å². The lowest BCUT2D eigenvalue weighted by Crippen LogP contribution is -2.23. The minimum absolute atomic E-state index is 0.492. The van der Waals surface area contributed by atoms with E-state index in [1.807, 2.05) is 13.0 Å². The first-order valence-electron chi connectivity index (χ1n) is 10.8. The Balaban J connectivity index is 1.50. The van der Waals surface area contributed by atoms with Gasteiger partial charge in [0.25, 0.3) is 0 Å². The molecule has 29 heavy (non-hydrogen) atoms. The highest BCUT2D eigenvalue weighted by Gasteiger charge is 2.17. The van der Waals surface area contributed by atoms with Gasteiger partial charge in [0, 0.05) is 37.6 Å². The number of hydrogen-bond donors (Lipinski definition) is 2. The van der Waals surface area contributed by atoms with Gasteiger partial charge in [0.05, 0.1) is 22.6 Å². The lowest BCUT2D eigenvalue weighted by molar-refractivity contribution is 0.0699. The molecule has 6 nitrogen and oxygen atoms in total. The van der Waals surface area contributed by atoms with Gasteiger partial charge < -0.3 is 15.4 Å². The van der Waals surface area contributed by atoms with Crippen molar-refractivity contribution in [3.8, 4) is 11.3 Å². The molecule has 0 aromatic carbocycles. The average Bonchev–Trinajstić information content (AvgIpc) is 2.76. The SMILES string of the molecule is Cc1ncc(-c2cc(NC3CCCCC3)ncc2Cl)nc1NCC1CCOCC1. The highest BCUT2D eigenvalue weighted by molar-refractivity contribution is 6.33. The van der Waals surface area contributed by atoms with Crippen molar-refractivity contribution in [3.05, 3.63) is 29.2 Å². The fraction of sp³-hybridized carbons (Fsp3) is 0.591. The summed E-state index contributed by atoms with van der Waals surface area (Å²) in [7, 11) is 0. The molecule has 0 radical (unpaired) electrons. The first-order chi connectivity index (χ1) is 14.2. The van der Waals surface area contributed by atoms with Crippen molar-refractivity contribution in [2.24, 2.45) is 5.92 Å². The fourth-order valence-electron chi connectivity index (χ4n) is 4.11. The molecule has 1 aliphatic carbocycles. The molecule has 0 bridgehead atoms. The van der Waals surface area contributed by atoms with E-state index in [0.29, 0.717) is 17.0 Å². The van der Waals surface area contributed by atoms with E-state index in [4.69, 9.17) is 21.3 Å². The molecule has 2 aromatic heterocycles. The smallest absolute Gasteiger partial charge is 0.148 e. The second-order valence-electron chi connectivity index (χ2n) is 8.15. The van der Waals surface area contributed by atoms with Crippen LogP contribution in [0.25, 0.3) is 11.3 Å². The van der Waals surface area contributed by atoms with Crippen LogP contribution < -0.4 is 10.6 Å². The molecule has 0 spiro atoms. The maximum Gasteiger partial charge on any atom is 0.148 e. The quantitative estimate of drug-likeness (QED) is 0.685. The third-order valence-corrected chi connectivity index (χ3v) is 6.24. The first kappa shape index (κ1) is 20.4. The topological polar surface area (TPSA) is 72.0 Å². The van der Waals surface area contributed by atoms with Crippen LogP contribution in [-0.2, 0) is 4.74 Å². The number of nitrogens with zero attached hydrogens (tertiary/aromatic N) is 3. The molecule has 156 valence electrons. The van der Waals surface area contributed by atoms with Crippen molar-refractivity contribution in [3.63, 3.8) is 0 Å². The van der Waals surface area contributed by atoms with Crippen LogP contribution in [0.5, 0.6) is 0 Å². The summed E-state index contributed by atoms with van der Waals surface area (Å²) in [5, 5.41) is 7.65. The molecule has 1 saturated heterocycles. The summed E-state index contributed by atoms with van der Waals surface area (Å²) in [5.41, 5.74) is 2.53. The number of nitrogens with one attached hydrogen (secondary N) is 2. The van der Waals surface area contributed by atoms with Crippen molar-refractivity contribution < 1.29 is 4.74 Å². The van der Waals surface area contributed by atoms with E-state index in [-0.39, 0.29) is 0 Å². The van der Waals surface area contributed by atoms with E-state index in [9.17, 15) is 0 Å². The Morgan fingerprint density at radius 1 is 1.07 bits per heavy atom. The van der Waals surface area contributed by atoms with E-state index in [0.717, 1.165) is 61.2 Å². The zero-order chi connectivity index (χ0) is 20.1. The summed E-state index contributed by atoms with van der Waals surface area (Å²) in [6, 6.07) is 2.49. The summed E-state index contributed by atoms with van der Waals surface area (Å²) in [6.07, 6.45) is 12.0. The molecule has 2 aromatic rings. The Morgan fingerprint density at radius 3 is 2.66 bits per heavy atom. The molecule has 0 atom stereocenters. The van der Waals surface area contributed by atoms with Crippen molar-refractivity contribution in [1.82, 2.24) is 15.0 Å². The van der Waals surface area contributed by atoms with Gasteiger partial charge in [-0.25, -0.2) is 9.97 Å². The summed E-state index contributed by atoms with van der Waals surface area (Å²) in [5.74, 6) is 2.29. The fourth-order valence-corrected chi connectivity index (χ4v) is 4.31. The number of pyridine rings is 1. The Hall–Kier alpha value is -1.92. The molecule has 4 rings (SSSR count). The molecule has 7 heteroatoms. The number of halogens is 1. The van der Waals surface area contributed by atoms with Crippen molar-refractivity contribution in [1.29, 1.82) is 0 Å². The van der Waals surface area contributed by atoms with Gasteiger partial charge in [0.1, 0.15) is 11.6 Å².